The predicted octanol–water partition coefficient (Wildman–Crippen LogP) is 2.33. The van der Waals surface area contributed by atoms with Crippen molar-refractivity contribution in [2.24, 2.45) is 10.9 Å². The van der Waals surface area contributed by atoms with Crippen LogP contribution in [0.2, 0.25) is 0 Å². The molecule has 2 rings (SSSR count). The maximum absolute atomic E-state index is 4.66. The van der Waals surface area contributed by atoms with Gasteiger partial charge in [-0.2, -0.15) is 5.10 Å². The van der Waals surface area contributed by atoms with Crippen LogP contribution in [0.25, 0.3) is 0 Å². The normalized spacial score (nSPS) is 23.1. The largest absolute Gasteiger partial charge is 0.357 e. The summed E-state index contributed by atoms with van der Waals surface area (Å²) in [4.78, 5) is 4.66. The summed E-state index contributed by atoms with van der Waals surface area (Å²) in [6.07, 6.45) is 9.09. The van der Waals surface area contributed by atoms with E-state index in [0.29, 0.717) is 6.04 Å². The lowest BCUT2D eigenvalue weighted by Crippen LogP contribution is -2.44. The Balaban J connectivity index is 1.81. The fourth-order valence-corrected chi connectivity index (χ4v) is 2.77. The number of hydrogen-bond donors (Lipinski definition) is 2. The van der Waals surface area contributed by atoms with Crippen molar-refractivity contribution in [1.82, 2.24) is 20.4 Å². The average molecular weight is 291 g/mol. The van der Waals surface area contributed by atoms with Crippen molar-refractivity contribution in [2.45, 2.75) is 59.0 Å². The SMILES string of the molecule is CCNC(=NCCn1cc(C)cn1)NC1CCC(C)CC1. The van der Waals surface area contributed by atoms with E-state index in [1.165, 1.54) is 31.2 Å². The monoisotopic (exact) mass is 291 g/mol. The van der Waals surface area contributed by atoms with E-state index in [-0.39, 0.29) is 0 Å². The van der Waals surface area contributed by atoms with Crippen molar-refractivity contribution in [2.75, 3.05) is 13.1 Å². The first-order valence-corrected chi connectivity index (χ1v) is 8.21. The number of rotatable bonds is 5. The van der Waals surface area contributed by atoms with Gasteiger partial charge in [-0.1, -0.05) is 6.92 Å². The Morgan fingerprint density at radius 2 is 2.14 bits per heavy atom. The summed E-state index contributed by atoms with van der Waals surface area (Å²) < 4.78 is 1.95. The number of aromatic nitrogens is 2. The lowest BCUT2D eigenvalue weighted by atomic mass is 9.87. The summed E-state index contributed by atoms with van der Waals surface area (Å²) in [5.74, 6) is 1.83. The highest BCUT2D eigenvalue weighted by molar-refractivity contribution is 5.80. The summed E-state index contributed by atoms with van der Waals surface area (Å²) in [5, 5.41) is 11.2. The van der Waals surface area contributed by atoms with Gasteiger partial charge < -0.3 is 10.6 Å². The molecule has 2 N–H and O–H groups in total. The topological polar surface area (TPSA) is 54.2 Å². The van der Waals surface area contributed by atoms with Crippen molar-refractivity contribution < 1.29 is 0 Å². The molecule has 0 amide bonds. The molecule has 0 aromatic carbocycles. The van der Waals surface area contributed by atoms with E-state index in [1.54, 1.807) is 0 Å². The third-order valence-corrected chi connectivity index (χ3v) is 4.06. The second kappa shape index (κ2) is 8.05. The zero-order valence-electron chi connectivity index (χ0n) is 13.6. The van der Waals surface area contributed by atoms with E-state index >= 15 is 0 Å². The van der Waals surface area contributed by atoms with E-state index in [1.807, 2.05) is 10.9 Å². The number of aryl methyl sites for hydroxylation is 1. The molecule has 118 valence electrons. The number of hydrogen-bond acceptors (Lipinski definition) is 2. The molecule has 0 radical (unpaired) electrons. The van der Waals surface area contributed by atoms with Gasteiger partial charge in [0.05, 0.1) is 19.3 Å². The van der Waals surface area contributed by atoms with Crippen LogP contribution in [0.4, 0.5) is 0 Å². The second-order valence-electron chi connectivity index (χ2n) is 6.14. The van der Waals surface area contributed by atoms with Crippen LogP contribution >= 0.6 is 0 Å². The molecule has 0 bridgehead atoms. The molecule has 21 heavy (non-hydrogen) atoms. The zero-order valence-corrected chi connectivity index (χ0v) is 13.6. The van der Waals surface area contributed by atoms with Crippen LogP contribution in [0.5, 0.6) is 0 Å². The zero-order chi connectivity index (χ0) is 15.1. The summed E-state index contributed by atoms with van der Waals surface area (Å²) in [6.45, 7) is 8.99. The van der Waals surface area contributed by atoms with E-state index in [2.05, 4.69) is 47.7 Å². The molecule has 1 fully saturated rings. The van der Waals surface area contributed by atoms with E-state index in [9.17, 15) is 0 Å². The van der Waals surface area contributed by atoms with Crippen molar-refractivity contribution in [3.63, 3.8) is 0 Å². The van der Waals surface area contributed by atoms with Gasteiger partial charge in [0.1, 0.15) is 0 Å². The minimum Gasteiger partial charge on any atom is -0.357 e. The van der Waals surface area contributed by atoms with Crippen LogP contribution < -0.4 is 10.6 Å². The first kappa shape index (κ1) is 15.9. The fourth-order valence-electron chi connectivity index (χ4n) is 2.77. The van der Waals surface area contributed by atoms with Crippen LogP contribution in [0, 0.1) is 12.8 Å². The van der Waals surface area contributed by atoms with E-state index < -0.39 is 0 Å². The molecule has 1 aromatic rings. The predicted molar refractivity (Wildman–Crippen MR) is 87.5 cm³/mol. The van der Waals surface area contributed by atoms with E-state index in [0.717, 1.165) is 31.5 Å². The summed E-state index contributed by atoms with van der Waals surface area (Å²) in [5.41, 5.74) is 1.19. The number of nitrogens with one attached hydrogen (secondary N) is 2. The quantitative estimate of drug-likeness (QED) is 0.646. The molecule has 1 aliphatic rings. The smallest absolute Gasteiger partial charge is 0.191 e. The molecule has 5 heteroatoms. The Labute approximate surface area is 128 Å². The molecule has 1 aromatic heterocycles. The summed E-state index contributed by atoms with van der Waals surface area (Å²) in [6, 6.07) is 0.575. The molecule has 0 unspecified atom stereocenters. The van der Waals surface area contributed by atoms with Crippen molar-refractivity contribution in [3.8, 4) is 0 Å². The van der Waals surface area contributed by atoms with Gasteiger partial charge in [0.25, 0.3) is 0 Å². The van der Waals surface area contributed by atoms with Crippen LogP contribution in [-0.4, -0.2) is 34.9 Å². The highest BCUT2D eigenvalue weighted by Gasteiger charge is 2.18. The van der Waals surface area contributed by atoms with Gasteiger partial charge in [0.15, 0.2) is 5.96 Å². The fraction of sp³-hybridized carbons (Fsp3) is 0.750. The van der Waals surface area contributed by atoms with Crippen LogP contribution in [0.1, 0.15) is 45.1 Å². The molecular formula is C16H29N5. The van der Waals surface area contributed by atoms with E-state index in [4.69, 9.17) is 0 Å². The molecule has 1 saturated carbocycles. The van der Waals surface area contributed by atoms with Gasteiger partial charge in [-0.25, -0.2) is 0 Å². The molecule has 1 heterocycles. The van der Waals surface area contributed by atoms with Gasteiger partial charge in [-0.15, -0.1) is 0 Å². The minimum absolute atomic E-state index is 0.575. The van der Waals surface area contributed by atoms with Crippen molar-refractivity contribution in [3.05, 3.63) is 18.0 Å². The van der Waals surface area contributed by atoms with Crippen LogP contribution in [-0.2, 0) is 6.54 Å². The second-order valence-corrected chi connectivity index (χ2v) is 6.14. The third-order valence-electron chi connectivity index (χ3n) is 4.06. The Bertz CT molecular complexity index is 443. The Hall–Kier alpha value is -1.52. The summed E-state index contributed by atoms with van der Waals surface area (Å²) >= 11 is 0. The molecule has 0 saturated heterocycles. The molecule has 5 nitrogen and oxygen atoms in total. The van der Waals surface area contributed by atoms with Crippen LogP contribution in [0.3, 0.4) is 0 Å². The minimum atomic E-state index is 0.575. The van der Waals surface area contributed by atoms with Crippen LogP contribution in [0.15, 0.2) is 17.4 Å². The highest BCUT2D eigenvalue weighted by Crippen LogP contribution is 2.23. The van der Waals surface area contributed by atoms with Gasteiger partial charge in [0, 0.05) is 18.8 Å². The Kier molecular flexibility index (Phi) is 6.08. The number of nitrogens with zero attached hydrogens (tertiary/aromatic N) is 3. The molecule has 0 spiro atoms. The van der Waals surface area contributed by atoms with Gasteiger partial charge >= 0.3 is 0 Å². The Morgan fingerprint density at radius 1 is 1.38 bits per heavy atom. The molecule has 0 atom stereocenters. The maximum atomic E-state index is 4.66. The number of guanidine groups is 1. The lowest BCUT2D eigenvalue weighted by Gasteiger charge is -2.28. The first-order chi connectivity index (χ1) is 10.2. The average Bonchev–Trinajstić information content (AvgIpc) is 2.87. The maximum Gasteiger partial charge on any atom is 0.191 e. The van der Waals surface area contributed by atoms with Gasteiger partial charge in [-0.3, -0.25) is 9.67 Å². The Morgan fingerprint density at radius 3 is 2.76 bits per heavy atom. The number of aliphatic imine (C=N–C) groups is 1. The van der Waals surface area contributed by atoms with Gasteiger partial charge in [0.2, 0.25) is 0 Å². The first-order valence-electron chi connectivity index (χ1n) is 8.21. The molecule has 0 aliphatic heterocycles. The van der Waals surface area contributed by atoms with Crippen molar-refractivity contribution >= 4 is 5.96 Å². The van der Waals surface area contributed by atoms with Crippen molar-refractivity contribution in [1.29, 1.82) is 0 Å². The highest BCUT2D eigenvalue weighted by atomic mass is 15.3. The lowest BCUT2D eigenvalue weighted by molar-refractivity contribution is 0.329. The molecular weight excluding hydrogens is 262 g/mol. The van der Waals surface area contributed by atoms with Gasteiger partial charge in [-0.05, 0) is 51.0 Å². The third kappa shape index (κ3) is 5.40. The standard InChI is InChI=1S/C16H29N5/c1-4-17-16(20-15-7-5-13(2)6-8-15)18-9-10-21-12-14(3)11-19-21/h11-13,15H,4-10H2,1-3H3,(H2,17,18,20). The molecule has 1 aliphatic carbocycles. The summed E-state index contributed by atoms with van der Waals surface area (Å²) in [7, 11) is 0.